The van der Waals surface area contributed by atoms with Crippen LogP contribution in [0.15, 0.2) is 57.9 Å². The van der Waals surface area contributed by atoms with Crippen LogP contribution in [0.25, 0.3) is 11.4 Å². The second-order valence-electron chi connectivity index (χ2n) is 5.97. The summed E-state index contributed by atoms with van der Waals surface area (Å²) < 4.78 is 5.32. The van der Waals surface area contributed by atoms with E-state index in [1.807, 2.05) is 55.5 Å². The second-order valence-corrected chi connectivity index (χ2v) is 7.27. The van der Waals surface area contributed by atoms with Gasteiger partial charge in [0, 0.05) is 17.5 Å². The van der Waals surface area contributed by atoms with Crippen molar-refractivity contribution in [2.24, 2.45) is 0 Å². The molecule has 0 saturated carbocycles. The van der Waals surface area contributed by atoms with Crippen molar-refractivity contribution < 1.29 is 9.32 Å². The molecule has 0 radical (unpaired) electrons. The number of carbonyl (C=O) groups excluding carboxylic acids is 1. The molecule has 0 spiro atoms. The summed E-state index contributed by atoms with van der Waals surface area (Å²) in [5.74, 6) is 1.80. The van der Waals surface area contributed by atoms with E-state index >= 15 is 0 Å². The molecule has 26 heavy (non-hydrogen) atoms. The molecule has 5 nitrogen and oxygen atoms in total. The largest absolute Gasteiger partial charge is 0.337 e. The first kappa shape index (κ1) is 18.2. The number of aryl methyl sites for hydroxylation is 1. The fraction of sp³-hybridized carbons (Fsp3) is 0.250. The summed E-state index contributed by atoms with van der Waals surface area (Å²) in [7, 11) is 1.74. The van der Waals surface area contributed by atoms with E-state index in [9.17, 15) is 4.79 Å². The number of nitrogens with zero attached hydrogens (tertiary/aromatic N) is 3. The zero-order valence-electron chi connectivity index (χ0n) is 15.1. The second kappa shape index (κ2) is 8.19. The topological polar surface area (TPSA) is 59.2 Å². The van der Waals surface area contributed by atoms with Crippen LogP contribution in [0.5, 0.6) is 0 Å². The average Bonchev–Trinajstić information content (AvgIpc) is 3.11. The minimum absolute atomic E-state index is 0.0587. The molecule has 0 saturated heterocycles. The molecule has 0 N–H and O–H groups in total. The number of carbonyl (C=O) groups is 1. The van der Waals surface area contributed by atoms with E-state index in [2.05, 4.69) is 17.1 Å². The molecule has 2 aromatic carbocycles. The molecule has 1 amide bonds. The van der Waals surface area contributed by atoms with Crippen molar-refractivity contribution in [1.29, 1.82) is 0 Å². The molecule has 0 atom stereocenters. The quantitative estimate of drug-likeness (QED) is 0.603. The third-order valence-electron chi connectivity index (χ3n) is 3.91. The van der Waals surface area contributed by atoms with Gasteiger partial charge in [0.1, 0.15) is 0 Å². The Bertz CT molecular complexity index is 890. The summed E-state index contributed by atoms with van der Waals surface area (Å²) in [5.41, 5.74) is 2.76. The van der Waals surface area contributed by atoms with Crippen LogP contribution in [-0.2, 0) is 6.54 Å². The van der Waals surface area contributed by atoms with Gasteiger partial charge in [0.25, 0.3) is 5.91 Å². The Morgan fingerprint density at radius 2 is 1.88 bits per heavy atom. The zero-order valence-corrected chi connectivity index (χ0v) is 15.9. The van der Waals surface area contributed by atoms with Gasteiger partial charge in [-0.05, 0) is 24.8 Å². The fourth-order valence-corrected chi connectivity index (χ4v) is 3.34. The van der Waals surface area contributed by atoms with Crippen molar-refractivity contribution in [3.8, 4) is 11.4 Å². The molecule has 0 aliphatic heterocycles. The molecule has 0 aliphatic carbocycles. The number of hydrogen-bond donors (Lipinski definition) is 0. The number of benzene rings is 2. The first-order chi connectivity index (χ1) is 12.6. The number of amides is 1. The van der Waals surface area contributed by atoms with E-state index in [1.54, 1.807) is 23.7 Å². The summed E-state index contributed by atoms with van der Waals surface area (Å²) in [6.45, 7) is 4.37. The van der Waals surface area contributed by atoms with E-state index in [0.29, 0.717) is 17.3 Å². The van der Waals surface area contributed by atoms with Crippen molar-refractivity contribution in [2.75, 3.05) is 12.8 Å². The standard InChI is InChI=1S/C20H21N3O2S/c1-4-26-17-8-6-5-7-16(17)20(24)23(3)13-18-21-19(22-25-18)15-11-9-14(2)10-12-15/h5-12H,4,13H2,1-3H3. The molecule has 0 aliphatic rings. The van der Waals surface area contributed by atoms with Crippen LogP contribution < -0.4 is 0 Å². The van der Waals surface area contributed by atoms with Crippen LogP contribution in [0.4, 0.5) is 0 Å². The van der Waals surface area contributed by atoms with E-state index < -0.39 is 0 Å². The van der Waals surface area contributed by atoms with Crippen molar-refractivity contribution in [3.63, 3.8) is 0 Å². The number of thioether (sulfide) groups is 1. The number of rotatable bonds is 6. The van der Waals surface area contributed by atoms with Crippen molar-refractivity contribution in [1.82, 2.24) is 15.0 Å². The molecule has 134 valence electrons. The van der Waals surface area contributed by atoms with Crippen LogP contribution in [0, 0.1) is 6.92 Å². The summed E-state index contributed by atoms with van der Waals surface area (Å²) in [6, 6.07) is 15.6. The lowest BCUT2D eigenvalue weighted by molar-refractivity contribution is 0.0766. The normalized spacial score (nSPS) is 10.7. The lowest BCUT2D eigenvalue weighted by atomic mass is 10.1. The highest BCUT2D eigenvalue weighted by Gasteiger charge is 2.18. The van der Waals surface area contributed by atoms with Crippen molar-refractivity contribution in [3.05, 3.63) is 65.5 Å². The smallest absolute Gasteiger partial charge is 0.255 e. The maximum absolute atomic E-state index is 12.8. The van der Waals surface area contributed by atoms with Crippen LogP contribution in [0.3, 0.4) is 0 Å². The molecular formula is C20H21N3O2S. The first-order valence-corrected chi connectivity index (χ1v) is 9.44. The molecule has 0 bridgehead atoms. The predicted octanol–water partition coefficient (Wildman–Crippen LogP) is 4.43. The Morgan fingerprint density at radius 1 is 1.15 bits per heavy atom. The van der Waals surface area contributed by atoms with Crippen LogP contribution >= 0.6 is 11.8 Å². The monoisotopic (exact) mass is 367 g/mol. The Hall–Kier alpha value is -2.60. The lowest BCUT2D eigenvalue weighted by Gasteiger charge is -2.16. The zero-order chi connectivity index (χ0) is 18.5. The van der Waals surface area contributed by atoms with Crippen LogP contribution in [0.2, 0.25) is 0 Å². The molecule has 1 heterocycles. The highest BCUT2D eigenvalue weighted by Crippen LogP contribution is 2.24. The van der Waals surface area contributed by atoms with Crippen LogP contribution in [0.1, 0.15) is 28.7 Å². The lowest BCUT2D eigenvalue weighted by Crippen LogP contribution is -2.26. The van der Waals surface area contributed by atoms with Crippen molar-refractivity contribution >= 4 is 17.7 Å². The third kappa shape index (κ3) is 4.14. The van der Waals surface area contributed by atoms with Gasteiger partial charge in [0.05, 0.1) is 12.1 Å². The van der Waals surface area contributed by atoms with Crippen LogP contribution in [-0.4, -0.2) is 33.7 Å². The number of hydrogen-bond acceptors (Lipinski definition) is 5. The maximum atomic E-state index is 12.8. The van der Waals surface area contributed by atoms with Gasteiger partial charge in [-0.3, -0.25) is 4.79 Å². The Balaban J connectivity index is 1.73. The Morgan fingerprint density at radius 3 is 2.62 bits per heavy atom. The van der Waals surface area contributed by atoms with E-state index in [4.69, 9.17) is 4.52 Å². The minimum Gasteiger partial charge on any atom is -0.337 e. The molecule has 3 aromatic rings. The summed E-state index contributed by atoms with van der Waals surface area (Å²) >= 11 is 1.66. The van der Waals surface area contributed by atoms with Crippen molar-refractivity contribution in [2.45, 2.75) is 25.3 Å². The maximum Gasteiger partial charge on any atom is 0.255 e. The van der Waals surface area contributed by atoms with E-state index in [-0.39, 0.29) is 12.5 Å². The fourth-order valence-electron chi connectivity index (χ4n) is 2.54. The summed E-state index contributed by atoms with van der Waals surface area (Å²) in [4.78, 5) is 19.8. The van der Waals surface area contributed by atoms with Gasteiger partial charge in [-0.1, -0.05) is 54.0 Å². The molecule has 0 fully saturated rings. The molecule has 3 rings (SSSR count). The Labute approximate surface area is 157 Å². The van der Waals surface area contributed by atoms with Gasteiger partial charge in [-0.15, -0.1) is 11.8 Å². The molecule has 0 unspecified atom stereocenters. The average molecular weight is 367 g/mol. The van der Waals surface area contributed by atoms with Gasteiger partial charge in [-0.25, -0.2) is 0 Å². The van der Waals surface area contributed by atoms with E-state index in [1.165, 1.54) is 5.56 Å². The van der Waals surface area contributed by atoms with Gasteiger partial charge in [0.15, 0.2) is 0 Å². The van der Waals surface area contributed by atoms with Gasteiger partial charge < -0.3 is 9.42 Å². The van der Waals surface area contributed by atoms with Gasteiger partial charge in [-0.2, -0.15) is 4.98 Å². The molecule has 6 heteroatoms. The first-order valence-electron chi connectivity index (χ1n) is 8.45. The minimum atomic E-state index is -0.0587. The highest BCUT2D eigenvalue weighted by molar-refractivity contribution is 7.99. The van der Waals surface area contributed by atoms with Gasteiger partial charge >= 0.3 is 0 Å². The molecule has 1 aromatic heterocycles. The summed E-state index contributed by atoms with van der Waals surface area (Å²) in [5, 5.41) is 4.02. The highest BCUT2D eigenvalue weighted by atomic mass is 32.2. The SMILES string of the molecule is CCSc1ccccc1C(=O)N(C)Cc1nc(-c2ccc(C)cc2)no1. The third-order valence-corrected chi connectivity index (χ3v) is 4.87. The summed E-state index contributed by atoms with van der Waals surface area (Å²) in [6.07, 6.45) is 0. The Kier molecular flexibility index (Phi) is 5.73. The number of aromatic nitrogens is 2. The van der Waals surface area contributed by atoms with Gasteiger partial charge in [0.2, 0.25) is 11.7 Å². The predicted molar refractivity (Wildman–Crippen MR) is 103 cm³/mol. The van der Waals surface area contributed by atoms with E-state index in [0.717, 1.165) is 16.2 Å². The molecular weight excluding hydrogens is 346 g/mol.